The zero-order valence-electron chi connectivity index (χ0n) is 54.4. The van der Waals surface area contributed by atoms with Gasteiger partial charge in [0.15, 0.2) is 37.5 Å². The van der Waals surface area contributed by atoms with Crippen molar-refractivity contribution in [2.75, 3.05) is 0 Å². The molecule has 514 valence electrons. The smallest absolute Gasteiger partial charge is 0.296 e. The van der Waals surface area contributed by atoms with E-state index in [4.69, 9.17) is 0 Å². The zero-order valence-corrected chi connectivity index (χ0v) is 65.3. The van der Waals surface area contributed by atoms with E-state index in [9.17, 15) is 79.1 Å². The number of hydrogen-bond donors (Lipinski definition) is 0. The van der Waals surface area contributed by atoms with Crippen LogP contribution in [-0.4, -0.2) is 23.9 Å². The highest BCUT2D eigenvalue weighted by atomic mass is 127. The summed E-state index contributed by atoms with van der Waals surface area (Å²) in [4.78, 5) is 40.5. The Morgan fingerprint density at radius 2 is 0.642 bits per heavy atom. The van der Waals surface area contributed by atoms with Crippen LogP contribution >= 0.6 is 15.9 Å². The largest absolute Gasteiger partial charge is 0.545 e. The number of hydrogen-bond acceptors (Lipinski definition) is 8. The van der Waals surface area contributed by atoms with Crippen molar-refractivity contribution in [3.05, 3.63) is 273 Å². The highest BCUT2D eigenvalue weighted by Crippen LogP contribution is 2.29. The number of aryl methyl sites for hydroxylation is 1. The van der Waals surface area contributed by atoms with Gasteiger partial charge in [-0.25, -0.2) is 39.5 Å². The average molecular weight is 1840 g/mol. The molecule has 8 aromatic rings. The Hall–Kier alpha value is -5.59. The number of benzene rings is 8. The molecule has 0 saturated heterocycles. The van der Waals surface area contributed by atoms with E-state index in [1.165, 1.54) is 74.4 Å². The van der Waals surface area contributed by atoms with Crippen molar-refractivity contribution in [2.24, 2.45) is 0 Å². The number of aromatic carboxylic acids is 4. The van der Waals surface area contributed by atoms with E-state index in [0.29, 0.717) is 33.3 Å². The molecular formula is C73H76BrF9I4O8. The predicted molar refractivity (Wildman–Crippen MR) is 335 cm³/mol. The molecule has 0 heterocycles. The Bertz CT molecular complexity index is 3520. The van der Waals surface area contributed by atoms with Crippen molar-refractivity contribution in [2.45, 2.75) is 137 Å². The maximum Gasteiger partial charge on any atom is 0.296 e. The number of carboxylic acid groups (broad SMARTS) is 4. The SMILES string of the molecule is CCC(C)(C)c1ccc([IH+])cc1.CCC(C)(C)c1ccc([IH+])cc1.CCC(C)(C)c1ccc([IH+])cc1.CCC(C)(C)c1ccc([IH+])cc1.Cc1ccc(F)cc1C(=O)[O-].O=C([O-])c1c(F)c(F)c(F)c(F)c1F.O=C([O-])c1cc(F)c(Br)cc1F.O=C([O-])c1ccc(F)cc1. The van der Waals surface area contributed by atoms with Gasteiger partial charge in [0.1, 0.15) is 23.3 Å². The van der Waals surface area contributed by atoms with Crippen LogP contribution in [0.15, 0.2) is 156 Å². The quantitative estimate of drug-likeness (QED) is 0.0777. The van der Waals surface area contributed by atoms with Crippen LogP contribution in [0.25, 0.3) is 0 Å². The van der Waals surface area contributed by atoms with Crippen molar-refractivity contribution in [1.29, 1.82) is 0 Å². The van der Waals surface area contributed by atoms with Gasteiger partial charge in [-0.2, -0.15) is 0 Å². The van der Waals surface area contributed by atoms with E-state index >= 15 is 0 Å². The first kappa shape index (κ1) is 87.4. The number of halogens is 14. The molecule has 0 aliphatic heterocycles. The molecule has 0 aromatic heterocycles. The Kier molecular flexibility index (Phi) is 37.7. The summed E-state index contributed by atoms with van der Waals surface area (Å²) < 4.78 is 117. The molecule has 95 heavy (non-hydrogen) atoms. The van der Waals surface area contributed by atoms with E-state index in [0.717, 1.165) is 36.4 Å². The molecule has 0 atom stereocenters. The van der Waals surface area contributed by atoms with Crippen molar-refractivity contribution in [1.82, 2.24) is 0 Å². The normalized spacial score (nSPS) is 10.8. The third kappa shape index (κ3) is 29.6. The van der Waals surface area contributed by atoms with Crippen LogP contribution in [0, 0.1) is 73.6 Å². The van der Waals surface area contributed by atoms with Gasteiger partial charge in [-0.15, -0.1) is 0 Å². The van der Waals surface area contributed by atoms with Gasteiger partial charge in [0.25, 0.3) is 90.4 Å². The Balaban J connectivity index is 0.000000544. The van der Waals surface area contributed by atoms with Gasteiger partial charge in [0.05, 0.1) is 33.9 Å². The summed E-state index contributed by atoms with van der Waals surface area (Å²) in [6.45, 7) is 28.9. The van der Waals surface area contributed by atoms with Crippen molar-refractivity contribution in [3.8, 4) is 0 Å². The van der Waals surface area contributed by atoms with Gasteiger partial charge >= 0.3 is 0 Å². The van der Waals surface area contributed by atoms with Crippen LogP contribution in [0.1, 0.15) is 178 Å². The number of carbonyl (C=O) groups excluding carboxylic acids is 4. The third-order valence-corrected chi connectivity index (χ3v) is 18.9. The molecule has 0 aliphatic rings. The second kappa shape index (κ2) is 41.0. The van der Waals surface area contributed by atoms with E-state index in [1.54, 1.807) is 6.92 Å². The van der Waals surface area contributed by atoms with Crippen LogP contribution in [0.4, 0.5) is 39.5 Å². The van der Waals surface area contributed by atoms with Crippen LogP contribution in [0.5, 0.6) is 0 Å². The minimum atomic E-state index is -2.47. The van der Waals surface area contributed by atoms with Gasteiger partial charge in [0, 0.05) is 11.1 Å². The van der Waals surface area contributed by atoms with Crippen LogP contribution in [0.3, 0.4) is 0 Å². The molecule has 0 unspecified atom stereocenters. The first-order chi connectivity index (χ1) is 43.9. The van der Waals surface area contributed by atoms with Gasteiger partial charge < -0.3 is 39.6 Å². The van der Waals surface area contributed by atoms with E-state index in [1.807, 2.05) is 0 Å². The number of rotatable bonds is 12. The lowest BCUT2D eigenvalue weighted by Gasteiger charge is -2.22. The Morgan fingerprint density at radius 3 is 0.895 bits per heavy atom. The molecule has 0 aliphatic carbocycles. The average Bonchev–Trinajstić information content (AvgIpc) is 0.806. The third-order valence-electron chi connectivity index (χ3n) is 15.2. The number of carboxylic acids is 4. The fraction of sp³-hybridized carbons (Fsp3) is 0.288. The zero-order chi connectivity index (χ0) is 73.1. The first-order valence-electron chi connectivity index (χ1n) is 29.1. The van der Waals surface area contributed by atoms with Crippen molar-refractivity contribution < 1.29 is 169 Å². The summed E-state index contributed by atoms with van der Waals surface area (Å²) >= 11 is 10.9. The fourth-order valence-electron chi connectivity index (χ4n) is 7.30. The van der Waals surface area contributed by atoms with Crippen LogP contribution in [-0.2, 0) is 21.7 Å². The predicted octanol–water partition coefficient (Wildman–Crippen LogP) is 1.84. The lowest BCUT2D eigenvalue weighted by atomic mass is 9.82. The molecule has 8 aromatic carbocycles. The maximum absolute atomic E-state index is 12.7. The molecule has 0 bridgehead atoms. The van der Waals surface area contributed by atoms with Gasteiger partial charge in [0.2, 0.25) is 5.82 Å². The topological polar surface area (TPSA) is 161 Å². The lowest BCUT2D eigenvalue weighted by molar-refractivity contribution is -0.328. The molecule has 0 amide bonds. The fourth-order valence-corrected chi connectivity index (χ4v) is 9.17. The van der Waals surface area contributed by atoms with E-state index in [-0.39, 0.29) is 15.6 Å². The Labute approximate surface area is 613 Å². The minimum absolute atomic E-state index is 0.0126. The van der Waals surface area contributed by atoms with Crippen molar-refractivity contribution in [3.63, 3.8) is 0 Å². The summed E-state index contributed by atoms with van der Waals surface area (Å²) in [5.74, 6) is -21.6. The van der Waals surface area contributed by atoms with Gasteiger partial charge in [-0.1, -0.05) is 150 Å². The molecule has 8 rings (SSSR count). The van der Waals surface area contributed by atoms with E-state index in [2.05, 4.69) is 286 Å². The second-order valence-corrected chi connectivity index (χ2v) is 29.6. The number of carbonyl (C=O) groups is 4. The molecule has 0 saturated carbocycles. The summed E-state index contributed by atoms with van der Waals surface area (Å²) in [6, 6.07) is 44.8. The second-order valence-electron chi connectivity index (χ2n) is 23.4. The van der Waals surface area contributed by atoms with E-state index < -0.39 is 87.4 Å². The molecule has 0 N–H and O–H groups in total. The molecule has 0 spiro atoms. The standard InChI is InChI=1S/4C11H16I.C8H7FO2.C7H3BrF2O2.C7HF5O2.C7H5FO2/c4*1-4-11(2,3)9-5-7-10(12)8-6-9;1-5-2-3-6(9)4-7(5)8(10)11;8-4-2-5(9)3(7(11)12)1-6(4)10;8-2-1(7(13)14)3(9)5(11)6(12)4(2)10;8-6-3-1-5(2-4-6)7(9)10/h4*5-8,12H,4H2,1-3H3;2-4H,1H3,(H,10,11);1-2H,(H,11,12);(H,13,14);1-4H,(H,9,10)/q4*+1;;;;/p-4. The lowest BCUT2D eigenvalue weighted by Crippen LogP contribution is -3.34. The summed E-state index contributed by atoms with van der Waals surface area (Å²) in [7, 11) is 0. The first-order valence-corrected chi connectivity index (χ1v) is 34.5. The highest BCUT2D eigenvalue weighted by molar-refractivity contribution is 9.10. The maximum atomic E-state index is 12.7. The molecular weight excluding hydrogens is 1760 g/mol. The minimum Gasteiger partial charge on any atom is -0.545 e. The van der Waals surface area contributed by atoms with Crippen LogP contribution < -0.4 is 111 Å². The van der Waals surface area contributed by atoms with Gasteiger partial charge in [-0.05, 0) is 189 Å². The summed E-state index contributed by atoms with van der Waals surface area (Å²) in [5.41, 5.74) is 4.73. The Morgan fingerprint density at radius 1 is 0.358 bits per heavy atom. The highest BCUT2D eigenvalue weighted by Gasteiger charge is 2.26. The summed E-state index contributed by atoms with van der Waals surface area (Å²) in [6.07, 6.45) is 4.77. The molecule has 0 fully saturated rings. The monoisotopic (exact) mass is 1840 g/mol. The summed E-state index contributed by atoms with van der Waals surface area (Å²) in [5, 5.41) is 40.5. The molecule has 8 nitrogen and oxygen atoms in total. The molecule has 0 radical (unpaired) electrons. The van der Waals surface area contributed by atoms with Gasteiger partial charge in [-0.3, -0.25) is 0 Å². The van der Waals surface area contributed by atoms with Crippen LogP contribution in [0.2, 0.25) is 0 Å². The van der Waals surface area contributed by atoms with Crippen molar-refractivity contribution >= 4 is 39.8 Å². The molecule has 22 heteroatoms.